The zero-order valence-electron chi connectivity index (χ0n) is 17.3. The standard InChI is InChI=1S/C22H43NO2.ClH/c1-3-4-5-6-7-8-9-10-11-12-13-14-15-16-17-18-22(24)25-20-19-21(2)23;/h10-11,21H,3-9,12-20,23H2,1-2H3;1H/b11-10-;. The van der Waals surface area contributed by atoms with Crippen LogP contribution in [-0.2, 0) is 9.53 Å². The van der Waals surface area contributed by atoms with Crippen LogP contribution in [-0.4, -0.2) is 18.6 Å². The van der Waals surface area contributed by atoms with Gasteiger partial charge in [0.25, 0.3) is 0 Å². The normalized spacial score (nSPS) is 12.1. The molecule has 0 aliphatic rings. The average molecular weight is 390 g/mol. The van der Waals surface area contributed by atoms with Gasteiger partial charge >= 0.3 is 5.97 Å². The second kappa shape index (κ2) is 22.5. The van der Waals surface area contributed by atoms with Crippen molar-refractivity contribution in [2.24, 2.45) is 5.73 Å². The Morgan fingerprint density at radius 3 is 1.92 bits per heavy atom. The van der Waals surface area contributed by atoms with Gasteiger partial charge in [0.2, 0.25) is 0 Å². The Balaban J connectivity index is 0. The third-order valence-corrected chi connectivity index (χ3v) is 4.48. The van der Waals surface area contributed by atoms with Crippen LogP contribution in [0.25, 0.3) is 0 Å². The molecule has 0 amide bonds. The number of halogens is 1. The number of carbonyl (C=O) groups excluding carboxylic acids is 1. The summed E-state index contributed by atoms with van der Waals surface area (Å²) in [7, 11) is 0. The maximum absolute atomic E-state index is 11.5. The van der Waals surface area contributed by atoms with Gasteiger partial charge < -0.3 is 10.5 Å². The Hall–Kier alpha value is -0.540. The summed E-state index contributed by atoms with van der Waals surface area (Å²) in [4.78, 5) is 11.5. The fraction of sp³-hybridized carbons (Fsp3) is 0.864. The summed E-state index contributed by atoms with van der Waals surface area (Å²) >= 11 is 0. The van der Waals surface area contributed by atoms with Gasteiger partial charge in [-0.15, -0.1) is 12.4 Å². The highest BCUT2D eigenvalue weighted by Crippen LogP contribution is 2.10. The molecule has 1 atom stereocenters. The first-order valence-electron chi connectivity index (χ1n) is 10.7. The molecule has 0 aliphatic carbocycles. The van der Waals surface area contributed by atoms with Gasteiger partial charge in [0.1, 0.15) is 0 Å². The van der Waals surface area contributed by atoms with Gasteiger partial charge in [0, 0.05) is 12.5 Å². The van der Waals surface area contributed by atoms with Crippen LogP contribution in [0.4, 0.5) is 0 Å². The van der Waals surface area contributed by atoms with E-state index in [1.54, 1.807) is 0 Å². The van der Waals surface area contributed by atoms with Gasteiger partial charge in [-0.1, -0.05) is 70.4 Å². The zero-order chi connectivity index (χ0) is 18.6. The molecule has 26 heavy (non-hydrogen) atoms. The Morgan fingerprint density at radius 1 is 0.885 bits per heavy atom. The molecule has 0 aromatic heterocycles. The molecule has 156 valence electrons. The second-order valence-corrected chi connectivity index (χ2v) is 7.32. The second-order valence-electron chi connectivity index (χ2n) is 7.32. The number of ether oxygens (including phenoxy) is 1. The molecule has 0 spiro atoms. The topological polar surface area (TPSA) is 52.3 Å². The number of hydrogen-bond donors (Lipinski definition) is 1. The molecule has 2 N–H and O–H groups in total. The Labute approximate surface area is 168 Å². The van der Waals surface area contributed by atoms with Crippen LogP contribution in [0.1, 0.15) is 110 Å². The van der Waals surface area contributed by atoms with Gasteiger partial charge in [-0.2, -0.15) is 0 Å². The summed E-state index contributed by atoms with van der Waals surface area (Å²) in [6.45, 7) is 4.65. The van der Waals surface area contributed by atoms with Crippen molar-refractivity contribution < 1.29 is 9.53 Å². The highest BCUT2D eigenvalue weighted by Gasteiger charge is 2.03. The first kappa shape index (κ1) is 27.7. The zero-order valence-corrected chi connectivity index (χ0v) is 18.2. The van der Waals surface area contributed by atoms with E-state index in [9.17, 15) is 4.79 Å². The van der Waals surface area contributed by atoms with E-state index in [0.29, 0.717) is 13.0 Å². The molecule has 0 saturated carbocycles. The number of hydrogen-bond acceptors (Lipinski definition) is 3. The van der Waals surface area contributed by atoms with Crippen LogP contribution in [0.5, 0.6) is 0 Å². The number of allylic oxidation sites excluding steroid dienone is 2. The van der Waals surface area contributed by atoms with E-state index in [4.69, 9.17) is 10.5 Å². The number of rotatable bonds is 18. The van der Waals surface area contributed by atoms with Gasteiger partial charge in [-0.25, -0.2) is 0 Å². The van der Waals surface area contributed by atoms with Crippen molar-refractivity contribution in [2.75, 3.05) is 6.61 Å². The van der Waals surface area contributed by atoms with E-state index in [-0.39, 0.29) is 24.4 Å². The van der Waals surface area contributed by atoms with Crippen molar-refractivity contribution in [1.29, 1.82) is 0 Å². The van der Waals surface area contributed by atoms with Gasteiger partial charge in [0.05, 0.1) is 6.61 Å². The lowest BCUT2D eigenvalue weighted by atomic mass is 10.1. The van der Waals surface area contributed by atoms with Crippen molar-refractivity contribution in [2.45, 2.75) is 116 Å². The molecule has 0 radical (unpaired) electrons. The van der Waals surface area contributed by atoms with Crippen molar-refractivity contribution in [3.05, 3.63) is 12.2 Å². The number of unbranched alkanes of at least 4 members (excludes halogenated alkanes) is 11. The van der Waals surface area contributed by atoms with Crippen molar-refractivity contribution >= 4 is 18.4 Å². The van der Waals surface area contributed by atoms with E-state index in [1.165, 1.54) is 70.6 Å². The van der Waals surface area contributed by atoms with Crippen LogP contribution in [0.2, 0.25) is 0 Å². The fourth-order valence-corrected chi connectivity index (χ4v) is 2.77. The number of nitrogens with two attached hydrogens (primary N) is 1. The van der Waals surface area contributed by atoms with Gasteiger partial charge in [0.15, 0.2) is 0 Å². The van der Waals surface area contributed by atoms with E-state index in [2.05, 4.69) is 19.1 Å². The minimum atomic E-state index is -0.0710. The molecule has 4 heteroatoms. The first-order valence-corrected chi connectivity index (χ1v) is 10.7. The molecule has 0 aromatic carbocycles. The van der Waals surface area contributed by atoms with Crippen LogP contribution < -0.4 is 5.73 Å². The molecular formula is C22H44ClNO2. The summed E-state index contributed by atoms with van der Waals surface area (Å²) in [6.07, 6.45) is 22.6. The SMILES string of the molecule is CCCCCCCC/C=C\CCCCCCCC(=O)OCCC(C)N.Cl. The van der Waals surface area contributed by atoms with Gasteiger partial charge in [-0.3, -0.25) is 4.79 Å². The minimum absolute atomic E-state index is 0. The summed E-state index contributed by atoms with van der Waals surface area (Å²) < 4.78 is 5.14. The maximum Gasteiger partial charge on any atom is 0.305 e. The van der Waals surface area contributed by atoms with Crippen molar-refractivity contribution in [3.63, 3.8) is 0 Å². The van der Waals surface area contributed by atoms with E-state index >= 15 is 0 Å². The molecular weight excluding hydrogens is 346 g/mol. The van der Waals surface area contributed by atoms with Crippen LogP contribution in [0.15, 0.2) is 12.2 Å². The third-order valence-electron chi connectivity index (χ3n) is 4.48. The van der Waals surface area contributed by atoms with Crippen LogP contribution in [0.3, 0.4) is 0 Å². The summed E-state index contributed by atoms with van der Waals surface area (Å²) in [5.41, 5.74) is 5.62. The van der Waals surface area contributed by atoms with Crippen LogP contribution >= 0.6 is 12.4 Å². The van der Waals surface area contributed by atoms with E-state index in [0.717, 1.165) is 19.3 Å². The first-order chi connectivity index (χ1) is 12.2. The lowest BCUT2D eigenvalue weighted by Crippen LogP contribution is -2.18. The molecule has 0 rings (SSSR count). The monoisotopic (exact) mass is 389 g/mol. The Morgan fingerprint density at radius 2 is 1.38 bits per heavy atom. The summed E-state index contributed by atoms with van der Waals surface area (Å²) in [6, 6.07) is 0.104. The largest absolute Gasteiger partial charge is 0.466 e. The highest BCUT2D eigenvalue weighted by atomic mass is 35.5. The van der Waals surface area contributed by atoms with E-state index in [1.807, 2.05) is 6.92 Å². The minimum Gasteiger partial charge on any atom is -0.466 e. The molecule has 3 nitrogen and oxygen atoms in total. The number of esters is 1. The molecule has 0 saturated heterocycles. The smallest absolute Gasteiger partial charge is 0.305 e. The Kier molecular flexibility index (Phi) is 24.0. The van der Waals surface area contributed by atoms with Crippen molar-refractivity contribution in [3.8, 4) is 0 Å². The highest BCUT2D eigenvalue weighted by molar-refractivity contribution is 5.85. The molecule has 0 fully saturated rings. The molecule has 0 aliphatic heterocycles. The average Bonchev–Trinajstić information content (AvgIpc) is 2.58. The lowest BCUT2D eigenvalue weighted by Gasteiger charge is -2.06. The molecule has 0 heterocycles. The summed E-state index contributed by atoms with van der Waals surface area (Å²) in [5, 5.41) is 0. The Bertz CT molecular complexity index is 319. The number of carbonyl (C=O) groups is 1. The lowest BCUT2D eigenvalue weighted by molar-refractivity contribution is -0.143. The van der Waals surface area contributed by atoms with Crippen molar-refractivity contribution in [1.82, 2.24) is 0 Å². The molecule has 0 aromatic rings. The molecule has 1 unspecified atom stereocenters. The van der Waals surface area contributed by atoms with E-state index < -0.39 is 0 Å². The van der Waals surface area contributed by atoms with Crippen LogP contribution in [0, 0.1) is 0 Å². The quantitative estimate of drug-likeness (QED) is 0.161. The fourth-order valence-electron chi connectivity index (χ4n) is 2.77. The third kappa shape index (κ3) is 23.5. The predicted molar refractivity (Wildman–Crippen MR) is 116 cm³/mol. The maximum atomic E-state index is 11.5. The summed E-state index contributed by atoms with van der Waals surface area (Å²) in [5.74, 6) is -0.0710. The predicted octanol–water partition coefficient (Wildman–Crippen LogP) is 6.73. The molecule has 0 bridgehead atoms. The van der Waals surface area contributed by atoms with Gasteiger partial charge in [-0.05, 0) is 45.4 Å².